The standard InChI is InChI=1S/C15H11N3OS/c1-19-12-6-7-13-14(8-12)20-15(18-13)17-11-4-2-10(9-16)3-5-11/h2-8H,1H3,(H,17,18). The molecule has 0 atom stereocenters. The van der Waals surface area contributed by atoms with E-state index in [2.05, 4.69) is 16.4 Å². The van der Waals surface area contributed by atoms with Gasteiger partial charge in [-0.2, -0.15) is 5.26 Å². The molecule has 0 unspecified atom stereocenters. The van der Waals surface area contributed by atoms with Gasteiger partial charge in [-0.15, -0.1) is 0 Å². The predicted molar refractivity (Wildman–Crippen MR) is 80.6 cm³/mol. The third-order valence-electron chi connectivity index (χ3n) is 2.86. The normalized spacial score (nSPS) is 10.2. The molecule has 0 bridgehead atoms. The maximum atomic E-state index is 8.77. The Balaban J connectivity index is 1.88. The van der Waals surface area contributed by atoms with Gasteiger partial charge in [0.15, 0.2) is 5.13 Å². The number of aromatic nitrogens is 1. The van der Waals surface area contributed by atoms with Gasteiger partial charge in [-0.3, -0.25) is 0 Å². The van der Waals surface area contributed by atoms with Crippen LogP contribution in [0.5, 0.6) is 5.75 Å². The topological polar surface area (TPSA) is 57.9 Å². The Morgan fingerprint density at radius 2 is 2.00 bits per heavy atom. The molecule has 0 aliphatic heterocycles. The van der Waals surface area contributed by atoms with E-state index in [1.807, 2.05) is 30.3 Å². The van der Waals surface area contributed by atoms with Crippen LogP contribution in [0, 0.1) is 11.3 Å². The minimum atomic E-state index is 0.643. The molecule has 0 fully saturated rings. The molecule has 1 N–H and O–H groups in total. The lowest BCUT2D eigenvalue weighted by Gasteiger charge is -2.01. The molecular formula is C15H11N3OS. The largest absolute Gasteiger partial charge is 0.497 e. The molecule has 3 aromatic rings. The van der Waals surface area contributed by atoms with Gasteiger partial charge in [0, 0.05) is 5.69 Å². The van der Waals surface area contributed by atoms with Crippen LogP contribution in [0.3, 0.4) is 0 Å². The van der Waals surface area contributed by atoms with Crippen molar-refractivity contribution in [2.45, 2.75) is 0 Å². The Hall–Kier alpha value is -2.58. The van der Waals surface area contributed by atoms with Gasteiger partial charge in [0.25, 0.3) is 0 Å². The second-order valence-corrected chi connectivity index (χ2v) is 5.20. The van der Waals surface area contributed by atoms with E-state index in [1.54, 1.807) is 30.6 Å². The zero-order valence-corrected chi connectivity index (χ0v) is 11.6. The fraction of sp³-hybridized carbons (Fsp3) is 0.0667. The van der Waals surface area contributed by atoms with Crippen molar-refractivity contribution in [1.29, 1.82) is 5.26 Å². The number of nitrogens with zero attached hydrogens (tertiary/aromatic N) is 2. The highest BCUT2D eigenvalue weighted by Gasteiger charge is 2.05. The Kier molecular flexibility index (Phi) is 3.23. The summed E-state index contributed by atoms with van der Waals surface area (Å²) in [7, 11) is 1.65. The lowest BCUT2D eigenvalue weighted by atomic mass is 10.2. The molecule has 0 aliphatic rings. The number of methoxy groups -OCH3 is 1. The monoisotopic (exact) mass is 281 g/mol. The quantitative estimate of drug-likeness (QED) is 0.790. The first-order valence-electron chi connectivity index (χ1n) is 6.00. The highest BCUT2D eigenvalue weighted by atomic mass is 32.1. The van der Waals surface area contributed by atoms with Gasteiger partial charge in [-0.1, -0.05) is 11.3 Å². The average molecular weight is 281 g/mol. The first kappa shape index (κ1) is 12.5. The fourth-order valence-corrected chi connectivity index (χ4v) is 2.75. The minimum Gasteiger partial charge on any atom is -0.497 e. The average Bonchev–Trinajstić information content (AvgIpc) is 2.89. The smallest absolute Gasteiger partial charge is 0.188 e. The van der Waals surface area contributed by atoms with Crippen molar-refractivity contribution in [3.05, 3.63) is 48.0 Å². The molecule has 3 rings (SSSR count). The number of ether oxygens (including phenoxy) is 1. The molecule has 2 aromatic carbocycles. The number of thiazole rings is 1. The summed E-state index contributed by atoms with van der Waals surface area (Å²) in [6.45, 7) is 0. The first-order chi connectivity index (χ1) is 9.78. The van der Waals surface area contributed by atoms with E-state index in [-0.39, 0.29) is 0 Å². The molecule has 20 heavy (non-hydrogen) atoms. The summed E-state index contributed by atoms with van der Waals surface area (Å²) < 4.78 is 6.27. The Morgan fingerprint density at radius 3 is 2.70 bits per heavy atom. The summed E-state index contributed by atoms with van der Waals surface area (Å²) in [6.07, 6.45) is 0. The molecule has 0 amide bonds. The number of benzene rings is 2. The summed E-state index contributed by atoms with van der Waals surface area (Å²) in [4.78, 5) is 4.51. The molecule has 1 heterocycles. The number of hydrogen-bond donors (Lipinski definition) is 1. The zero-order chi connectivity index (χ0) is 13.9. The van der Waals surface area contributed by atoms with Gasteiger partial charge >= 0.3 is 0 Å². The molecular weight excluding hydrogens is 270 g/mol. The van der Waals surface area contributed by atoms with Crippen molar-refractivity contribution >= 4 is 32.4 Å². The van der Waals surface area contributed by atoms with Crippen LogP contribution in [0.15, 0.2) is 42.5 Å². The molecule has 0 radical (unpaired) electrons. The van der Waals surface area contributed by atoms with Crippen LogP contribution in [-0.2, 0) is 0 Å². The second-order valence-electron chi connectivity index (χ2n) is 4.17. The van der Waals surface area contributed by atoms with Crippen LogP contribution in [-0.4, -0.2) is 12.1 Å². The Bertz CT molecular complexity index is 787. The molecule has 5 heteroatoms. The van der Waals surface area contributed by atoms with Gasteiger partial charge in [0.1, 0.15) is 5.75 Å². The molecule has 1 aromatic heterocycles. The molecule has 0 aliphatic carbocycles. The van der Waals surface area contributed by atoms with E-state index in [9.17, 15) is 0 Å². The van der Waals surface area contributed by atoms with Crippen molar-refractivity contribution in [2.24, 2.45) is 0 Å². The Labute approximate surface area is 120 Å². The molecule has 0 saturated carbocycles. The zero-order valence-electron chi connectivity index (χ0n) is 10.8. The van der Waals surface area contributed by atoms with E-state index in [0.717, 1.165) is 26.8 Å². The van der Waals surface area contributed by atoms with Gasteiger partial charge in [0.05, 0.1) is 29.0 Å². The lowest BCUT2D eigenvalue weighted by Crippen LogP contribution is -1.88. The highest BCUT2D eigenvalue weighted by Crippen LogP contribution is 2.30. The van der Waals surface area contributed by atoms with Gasteiger partial charge in [0.2, 0.25) is 0 Å². The number of anilines is 2. The summed E-state index contributed by atoms with van der Waals surface area (Å²) in [5.41, 5.74) is 2.49. The van der Waals surface area contributed by atoms with Crippen LogP contribution < -0.4 is 10.1 Å². The lowest BCUT2D eigenvalue weighted by molar-refractivity contribution is 0.415. The molecule has 4 nitrogen and oxygen atoms in total. The Morgan fingerprint density at radius 1 is 1.20 bits per heavy atom. The second kappa shape index (κ2) is 5.19. The number of fused-ring (bicyclic) bond motifs is 1. The predicted octanol–water partition coefficient (Wildman–Crippen LogP) is 3.92. The van der Waals surface area contributed by atoms with E-state index in [1.165, 1.54) is 0 Å². The maximum absolute atomic E-state index is 8.77. The molecule has 0 spiro atoms. The van der Waals surface area contributed by atoms with Crippen LogP contribution in [0.2, 0.25) is 0 Å². The number of nitriles is 1. The van der Waals surface area contributed by atoms with Crippen LogP contribution in [0.1, 0.15) is 5.56 Å². The van der Waals surface area contributed by atoms with E-state index in [0.29, 0.717) is 5.56 Å². The number of rotatable bonds is 3. The molecule has 98 valence electrons. The molecule has 0 saturated heterocycles. The van der Waals surface area contributed by atoms with Crippen molar-refractivity contribution in [3.63, 3.8) is 0 Å². The van der Waals surface area contributed by atoms with Crippen molar-refractivity contribution in [3.8, 4) is 11.8 Å². The maximum Gasteiger partial charge on any atom is 0.188 e. The number of nitrogens with one attached hydrogen (secondary N) is 1. The third-order valence-corrected chi connectivity index (χ3v) is 3.79. The van der Waals surface area contributed by atoms with Gasteiger partial charge < -0.3 is 10.1 Å². The van der Waals surface area contributed by atoms with Gasteiger partial charge in [-0.25, -0.2) is 4.98 Å². The third kappa shape index (κ3) is 2.42. The first-order valence-corrected chi connectivity index (χ1v) is 6.82. The minimum absolute atomic E-state index is 0.643. The van der Waals surface area contributed by atoms with E-state index in [4.69, 9.17) is 10.00 Å². The van der Waals surface area contributed by atoms with E-state index >= 15 is 0 Å². The number of hydrogen-bond acceptors (Lipinski definition) is 5. The fourth-order valence-electron chi connectivity index (χ4n) is 1.84. The summed E-state index contributed by atoms with van der Waals surface area (Å²) >= 11 is 1.56. The summed E-state index contributed by atoms with van der Waals surface area (Å²) in [5, 5.41) is 12.8. The van der Waals surface area contributed by atoms with E-state index < -0.39 is 0 Å². The highest BCUT2D eigenvalue weighted by molar-refractivity contribution is 7.22. The van der Waals surface area contributed by atoms with Gasteiger partial charge in [-0.05, 0) is 42.5 Å². The van der Waals surface area contributed by atoms with Crippen molar-refractivity contribution < 1.29 is 4.74 Å². The van der Waals surface area contributed by atoms with Crippen LogP contribution in [0.4, 0.5) is 10.8 Å². The van der Waals surface area contributed by atoms with Crippen LogP contribution in [0.25, 0.3) is 10.2 Å². The van der Waals surface area contributed by atoms with Crippen molar-refractivity contribution in [2.75, 3.05) is 12.4 Å². The van der Waals surface area contributed by atoms with Crippen molar-refractivity contribution in [1.82, 2.24) is 4.98 Å². The van der Waals surface area contributed by atoms with Crippen LogP contribution >= 0.6 is 11.3 Å². The summed E-state index contributed by atoms with van der Waals surface area (Å²) in [5.74, 6) is 0.825. The summed E-state index contributed by atoms with van der Waals surface area (Å²) in [6, 6.07) is 15.2. The SMILES string of the molecule is COc1ccc2nc(Nc3ccc(C#N)cc3)sc2c1.